The van der Waals surface area contributed by atoms with Crippen molar-refractivity contribution in [3.63, 3.8) is 0 Å². The van der Waals surface area contributed by atoms with Crippen molar-refractivity contribution < 1.29 is 0 Å². The van der Waals surface area contributed by atoms with Crippen LogP contribution in [0.2, 0.25) is 0 Å². The van der Waals surface area contributed by atoms with Crippen molar-refractivity contribution in [2.45, 2.75) is 13.8 Å². The van der Waals surface area contributed by atoms with E-state index in [1.807, 2.05) is 24.3 Å². The maximum absolute atomic E-state index is 4.61. The molecule has 3 rings (SSSR count). The Morgan fingerprint density at radius 1 is 0.950 bits per heavy atom. The van der Waals surface area contributed by atoms with Crippen LogP contribution in [0.4, 0.5) is 11.5 Å². The van der Waals surface area contributed by atoms with Gasteiger partial charge in [-0.15, -0.1) is 0 Å². The fraction of sp³-hybridized carbons (Fsp3) is 0.125. The van der Waals surface area contributed by atoms with Gasteiger partial charge in [0.05, 0.1) is 17.2 Å². The summed E-state index contributed by atoms with van der Waals surface area (Å²) in [7, 11) is 0. The molecule has 1 N–H and O–H groups in total. The highest BCUT2D eigenvalue weighted by molar-refractivity contribution is 9.10. The van der Waals surface area contributed by atoms with Gasteiger partial charge in [0, 0.05) is 10.2 Å². The van der Waals surface area contributed by atoms with E-state index in [0.29, 0.717) is 0 Å². The van der Waals surface area contributed by atoms with E-state index in [2.05, 4.69) is 57.2 Å². The van der Waals surface area contributed by atoms with Gasteiger partial charge < -0.3 is 5.32 Å². The van der Waals surface area contributed by atoms with E-state index in [1.54, 1.807) is 6.20 Å². The molecule has 0 unspecified atom stereocenters. The summed E-state index contributed by atoms with van der Waals surface area (Å²) in [5, 5.41) is 3.26. The number of aryl methyl sites for hydroxylation is 2. The lowest BCUT2D eigenvalue weighted by Gasteiger charge is -2.07. The molecular weight excluding hydrogens is 314 g/mol. The van der Waals surface area contributed by atoms with E-state index in [0.717, 1.165) is 27.0 Å². The molecule has 2 aromatic carbocycles. The van der Waals surface area contributed by atoms with Gasteiger partial charge in [-0.05, 0) is 61.4 Å². The first-order chi connectivity index (χ1) is 9.61. The SMILES string of the molecule is Cc1cc2ncc(Nc3ccc(Br)cc3)nc2cc1C. The lowest BCUT2D eigenvalue weighted by atomic mass is 10.1. The van der Waals surface area contributed by atoms with Crippen molar-refractivity contribution in [2.75, 3.05) is 5.32 Å². The van der Waals surface area contributed by atoms with Crippen LogP contribution in [0.5, 0.6) is 0 Å². The van der Waals surface area contributed by atoms with Gasteiger partial charge in [-0.1, -0.05) is 15.9 Å². The Bertz CT molecular complexity index is 767. The molecule has 4 heteroatoms. The summed E-state index contributed by atoms with van der Waals surface area (Å²) in [5.41, 5.74) is 5.29. The second-order valence-electron chi connectivity index (χ2n) is 4.81. The van der Waals surface area contributed by atoms with Crippen LogP contribution in [0.25, 0.3) is 11.0 Å². The minimum Gasteiger partial charge on any atom is -0.339 e. The maximum atomic E-state index is 4.61. The van der Waals surface area contributed by atoms with Gasteiger partial charge in [0.2, 0.25) is 0 Å². The summed E-state index contributed by atoms with van der Waals surface area (Å²) in [4.78, 5) is 9.07. The van der Waals surface area contributed by atoms with Gasteiger partial charge in [-0.2, -0.15) is 0 Å². The van der Waals surface area contributed by atoms with Crippen molar-refractivity contribution in [1.29, 1.82) is 0 Å². The van der Waals surface area contributed by atoms with E-state index >= 15 is 0 Å². The van der Waals surface area contributed by atoms with Crippen LogP contribution < -0.4 is 5.32 Å². The van der Waals surface area contributed by atoms with Crippen LogP contribution in [0.1, 0.15) is 11.1 Å². The lowest BCUT2D eigenvalue weighted by molar-refractivity contribution is 1.25. The second-order valence-corrected chi connectivity index (χ2v) is 5.73. The number of anilines is 2. The molecule has 0 aliphatic carbocycles. The van der Waals surface area contributed by atoms with Crippen molar-refractivity contribution >= 4 is 38.5 Å². The molecule has 1 aromatic heterocycles. The zero-order valence-corrected chi connectivity index (χ0v) is 12.9. The predicted molar refractivity (Wildman–Crippen MR) is 86.4 cm³/mol. The summed E-state index contributed by atoms with van der Waals surface area (Å²) >= 11 is 3.42. The summed E-state index contributed by atoms with van der Waals surface area (Å²) in [5.74, 6) is 0.753. The zero-order chi connectivity index (χ0) is 14.1. The number of rotatable bonds is 2. The molecule has 0 amide bonds. The molecular formula is C16H14BrN3. The minimum absolute atomic E-state index is 0.753. The smallest absolute Gasteiger partial charge is 0.149 e. The molecule has 0 fully saturated rings. The van der Waals surface area contributed by atoms with Gasteiger partial charge in [-0.25, -0.2) is 4.98 Å². The first-order valence-electron chi connectivity index (χ1n) is 6.38. The third-order valence-electron chi connectivity index (χ3n) is 3.27. The Morgan fingerprint density at radius 2 is 1.60 bits per heavy atom. The third kappa shape index (κ3) is 2.65. The Hall–Kier alpha value is -1.94. The van der Waals surface area contributed by atoms with Gasteiger partial charge in [0.15, 0.2) is 0 Å². The van der Waals surface area contributed by atoms with Crippen LogP contribution in [-0.2, 0) is 0 Å². The molecule has 0 spiro atoms. The van der Waals surface area contributed by atoms with Crippen LogP contribution in [-0.4, -0.2) is 9.97 Å². The first-order valence-corrected chi connectivity index (χ1v) is 7.18. The Labute approximate surface area is 126 Å². The molecule has 3 nitrogen and oxygen atoms in total. The molecule has 0 saturated heterocycles. The first kappa shape index (κ1) is 13.1. The highest BCUT2D eigenvalue weighted by Crippen LogP contribution is 2.21. The molecule has 0 aliphatic rings. The molecule has 20 heavy (non-hydrogen) atoms. The van der Waals surface area contributed by atoms with Crippen molar-refractivity contribution in [3.8, 4) is 0 Å². The summed E-state index contributed by atoms with van der Waals surface area (Å²) in [6, 6.07) is 12.1. The molecule has 0 atom stereocenters. The third-order valence-corrected chi connectivity index (χ3v) is 3.80. The van der Waals surface area contributed by atoms with Crippen LogP contribution in [0.3, 0.4) is 0 Å². The monoisotopic (exact) mass is 327 g/mol. The van der Waals surface area contributed by atoms with E-state index in [-0.39, 0.29) is 0 Å². The number of nitrogens with zero attached hydrogens (tertiary/aromatic N) is 2. The van der Waals surface area contributed by atoms with Crippen LogP contribution in [0.15, 0.2) is 47.1 Å². The molecule has 0 aliphatic heterocycles. The Balaban J connectivity index is 1.96. The average Bonchev–Trinajstić information content (AvgIpc) is 2.43. The van der Waals surface area contributed by atoms with Gasteiger partial charge in [0.1, 0.15) is 5.82 Å². The lowest BCUT2D eigenvalue weighted by Crippen LogP contribution is -1.96. The number of benzene rings is 2. The molecule has 0 radical (unpaired) electrons. The fourth-order valence-electron chi connectivity index (χ4n) is 2.01. The summed E-state index contributed by atoms with van der Waals surface area (Å²) < 4.78 is 1.05. The molecule has 1 heterocycles. The normalized spacial score (nSPS) is 10.8. The minimum atomic E-state index is 0.753. The maximum Gasteiger partial charge on any atom is 0.149 e. The van der Waals surface area contributed by atoms with Crippen LogP contribution in [0, 0.1) is 13.8 Å². The summed E-state index contributed by atoms with van der Waals surface area (Å²) in [6.45, 7) is 4.18. The van der Waals surface area contributed by atoms with Crippen molar-refractivity contribution in [1.82, 2.24) is 9.97 Å². The predicted octanol–water partition coefficient (Wildman–Crippen LogP) is 4.75. The van der Waals surface area contributed by atoms with Gasteiger partial charge in [0.25, 0.3) is 0 Å². The van der Waals surface area contributed by atoms with Crippen molar-refractivity contribution in [2.24, 2.45) is 0 Å². The topological polar surface area (TPSA) is 37.8 Å². The average molecular weight is 328 g/mol. The Kier molecular flexibility index (Phi) is 3.40. The quantitative estimate of drug-likeness (QED) is 0.737. The highest BCUT2D eigenvalue weighted by Gasteiger charge is 2.03. The van der Waals surface area contributed by atoms with E-state index < -0.39 is 0 Å². The number of fused-ring (bicyclic) bond motifs is 1. The van der Waals surface area contributed by atoms with E-state index in [9.17, 15) is 0 Å². The number of halogens is 1. The van der Waals surface area contributed by atoms with Gasteiger partial charge >= 0.3 is 0 Å². The fourth-order valence-corrected chi connectivity index (χ4v) is 2.27. The number of hydrogen-bond donors (Lipinski definition) is 1. The molecule has 0 saturated carbocycles. The second kappa shape index (κ2) is 5.21. The van der Waals surface area contributed by atoms with Gasteiger partial charge in [-0.3, -0.25) is 4.98 Å². The number of aromatic nitrogens is 2. The highest BCUT2D eigenvalue weighted by atomic mass is 79.9. The molecule has 3 aromatic rings. The number of hydrogen-bond acceptors (Lipinski definition) is 3. The molecule has 0 bridgehead atoms. The number of nitrogens with one attached hydrogen (secondary N) is 1. The van der Waals surface area contributed by atoms with Crippen molar-refractivity contribution in [3.05, 3.63) is 58.2 Å². The summed E-state index contributed by atoms with van der Waals surface area (Å²) in [6.07, 6.45) is 1.76. The largest absolute Gasteiger partial charge is 0.339 e. The van der Waals surface area contributed by atoms with E-state index in [4.69, 9.17) is 0 Å². The van der Waals surface area contributed by atoms with Crippen LogP contribution >= 0.6 is 15.9 Å². The Morgan fingerprint density at radius 3 is 2.30 bits per heavy atom. The molecule has 100 valence electrons. The van der Waals surface area contributed by atoms with E-state index in [1.165, 1.54) is 11.1 Å². The standard InChI is InChI=1S/C16H14BrN3/c1-10-7-14-15(8-11(10)2)20-16(9-18-14)19-13-5-3-12(17)4-6-13/h3-9H,1-2H3,(H,19,20). The zero-order valence-electron chi connectivity index (χ0n) is 11.3.